The molecule has 0 aliphatic carbocycles. The van der Waals surface area contributed by atoms with Gasteiger partial charge in [0.15, 0.2) is 5.78 Å². The van der Waals surface area contributed by atoms with E-state index < -0.39 is 4.92 Å². The summed E-state index contributed by atoms with van der Waals surface area (Å²) < 4.78 is 5.55. The van der Waals surface area contributed by atoms with Crippen molar-refractivity contribution in [3.05, 3.63) is 69.6 Å². The largest absolute Gasteiger partial charge is 0.506 e. The Labute approximate surface area is 174 Å². The fourth-order valence-corrected chi connectivity index (χ4v) is 3.72. The molecule has 2 heterocycles. The highest BCUT2D eigenvalue weighted by molar-refractivity contribution is 7.13. The van der Waals surface area contributed by atoms with Crippen molar-refractivity contribution in [2.45, 2.75) is 12.8 Å². The lowest BCUT2D eigenvalue weighted by molar-refractivity contribution is -0.384. The van der Waals surface area contributed by atoms with E-state index in [4.69, 9.17) is 4.74 Å². The second kappa shape index (κ2) is 8.34. The highest BCUT2D eigenvalue weighted by Crippen LogP contribution is 2.31. The zero-order valence-corrected chi connectivity index (χ0v) is 16.5. The number of nitrogens with zero attached hydrogens (tertiary/aromatic N) is 2. The number of imidazole rings is 1. The van der Waals surface area contributed by atoms with Crippen molar-refractivity contribution in [2.75, 3.05) is 6.61 Å². The molecule has 0 spiro atoms. The van der Waals surface area contributed by atoms with Crippen LogP contribution >= 0.6 is 11.3 Å². The summed E-state index contributed by atoms with van der Waals surface area (Å²) in [5.41, 5.74) is 1.32. The lowest BCUT2D eigenvalue weighted by Crippen LogP contribution is -2.04. The van der Waals surface area contributed by atoms with Crippen LogP contribution in [0.2, 0.25) is 0 Å². The number of H-pyrrole nitrogens is 1. The van der Waals surface area contributed by atoms with E-state index in [0.717, 1.165) is 4.88 Å². The van der Waals surface area contributed by atoms with Gasteiger partial charge >= 0.3 is 0 Å². The summed E-state index contributed by atoms with van der Waals surface area (Å²) in [6.45, 7) is 0.297. The zero-order chi connectivity index (χ0) is 21.1. The molecule has 30 heavy (non-hydrogen) atoms. The number of non-ortho nitro benzene ring substituents is 1. The normalized spacial score (nSPS) is 10.9. The van der Waals surface area contributed by atoms with E-state index in [0.29, 0.717) is 41.2 Å². The van der Waals surface area contributed by atoms with Crippen molar-refractivity contribution in [2.24, 2.45) is 0 Å². The Bertz CT molecular complexity index is 1200. The van der Waals surface area contributed by atoms with E-state index in [1.165, 1.54) is 41.7 Å². The number of aromatic nitrogens is 2. The molecule has 2 aromatic heterocycles. The summed E-state index contributed by atoms with van der Waals surface area (Å²) in [4.78, 5) is 31.5. The zero-order valence-electron chi connectivity index (χ0n) is 15.7. The van der Waals surface area contributed by atoms with Crippen LogP contribution in [0, 0.1) is 10.1 Å². The smallest absolute Gasteiger partial charge is 0.269 e. The van der Waals surface area contributed by atoms with Crippen LogP contribution in [0.3, 0.4) is 0 Å². The van der Waals surface area contributed by atoms with Gasteiger partial charge in [0.2, 0.25) is 0 Å². The van der Waals surface area contributed by atoms with Gasteiger partial charge in [-0.2, -0.15) is 0 Å². The molecule has 0 radical (unpaired) electrons. The van der Waals surface area contributed by atoms with Gasteiger partial charge in [0.25, 0.3) is 5.69 Å². The topological polar surface area (TPSA) is 118 Å². The predicted molar refractivity (Wildman–Crippen MR) is 113 cm³/mol. The number of rotatable bonds is 8. The van der Waals surface area contributed by atoms with Crippen molar-refractivity contribution in [3.8, 4) is 22.2 Å². The Morgan fingerprint density at radius 2 is 2.00 bits per heavy atom. The minimum atomic E-state index is -0.472. The van der Waals surface area contributed by atoms with Gasteiger partial charge < -0.3 is 14.8 Å². The fourth-order valence-electron chi connectivity index (χ4n) is 3.05. The predicted octanol–water partition coefficient (Wildman–Crippen LogP) is 4.95. The molecule has 2 N–H and O–H groups in total. The molecule has 4 aromatic rings. The molecule has 152 valence electrons. The van der Waals surface area contributed by atoms with E-state index in [1.54, 1.807) is 6.07 Å². The van der Waals surface area contributed by atoms with Gasteiger partial charge in [-0.05, 0) is 42.1 Å². The molecule has 2 aromatic carbocycles. The van der Waals surface area contributed by atoms with Gasteiger partial charge in [-0.1, -0.05) is 6.07 Å². The number of aromatic amines is 1. The van der Waals surface area contributed by atoms with Crippen LogP contribution in [0.4, 0.5) is 5.69 Å². The first kappa shape index (κ1) is 19.6. The molecule has 9 heteroatoms. The van der Waals surface area contributed by atoms with Gasteiger partial charge in [-0.25, -0.2) is 4.98 Å². The minimum absolute atomic E-state index is 0.00482. The summed E-state index contributed by atoms with van der Waals surface area (Å²) in [5.74, 6) is 1.06. The molecule has 0 saturated heterocycles. The van der Waals surface area contributed by atoms with Gasteiger partial charge in [0.05, 0.1) is 16.4 Å². The van der Waals surface area contributed by atoms with Crippen molar-refractivity contribution < 1.29 is 19.6 Å². The van der Waals surface area contributed by atoms with Crippen molar-refractivity contribution in [3.63, 3.8) is 0 Å². The number of hydrogen-bond acceptors (Lipinski definition) is 7. The van der Waals surface area contributed by atoms with Crippen LogP contribution in [0.5, 0.6) is 11.5 Å². The highest BCUT2D eigenvalue weighted by Gasteiger charge is 2.17. The molecule has 0 fully saturated rings. The van der Waals surface area contributed by atoms with Gasteiger partial charge in [-0.3, -0.25) is 14.9 Å². The maximum absolute atomic E-state index is 12.7. The van der Waals surface area contributed by atoms with Crippen LogP contribution in [-0.4, -0.2) is 32.4 Å². The lowest BCUT2D eigenvalue weighted by atomic mass is 10.0. The lowest BCUT2D eigenvalue weighted by Gasteiger charge is -2.06. The summed E-state index contributed by atoms with van der Waals surface area (Å²) in [6, 6.07) is 12.7. The Hall–Kier alpha value is -3.72. The third kappa shape index (κ3) is 4.01. The number of nitrogens with one attached hydrogen (secondary N) is 1. The number of thiophene rings is 1. The summed E-state index contributed by atoms with van der Waals surface area (Å²) in [5, 5.41) is 22.7. The van der Waals surface area contributed by atoms with Crippen molar-refractivity contribution >= 4 is 33.8 Å². The second-order valence-corrected chi connectivity index (χ2v) is 7.49. The Kier molecular flexibility index (Phi) is 5.44. The average Bonchev–Trinajstić information content (AvgIpc) is 3.42. The molecule has 4 rings (SSSR count). The number of fused-ring (bicyclic) bond motifs is 1. The standard InChI is InChI=1S/C21H17N3O5S/c25-16(3-1-11-29-14-7-5-13(6-8-14)24(27)28)15-9-10-17(26)20-19(15)22-21(23-20)18-4-2-12-30-18/h2,4-10,12,26H,1,3,11H2,(H,22,23). The summed E-state index contributed by atoms with van der Waals surface area (Å²) in [7, 11) is 0. The Balaban J connectivity index is 1.42. The molecule has 0 aliphatic heterocycles. The number of benzene rings is 2. The number of nitro benzene ring substituents is 1. The maximum Gasteiger partial charge on any atom is 0.269 e. The molecule has 0 bridgehead atoms. The first-order chi connectivity index (χ1) is 14.5. The number of hydrogen-bond donors (Lipinski definition) is 2. The maximum atomic E-state index is 12.7. The highest BCUT2D eigenvalue weighted by atomic mass is 32.1. The van der Waals surface area contributed by atoms with Gasteiger partial charge in [-0.15, -0.1) is 11.3 Å². The monoisotopic (exact) mass is 423 g/mol. The first-order valence-corrected chi connectivity index (χ1v) is 10.1. The molecule has 0 saturated carbocycles. The van der Waals surface area contributed by atoms with Crippen LogP contribution in [0.1, 0.15) is 23.2 Å². The van der Waals surface area contributed by atoms with Crippen molar-refractivity contribution in [1.29, 1.82) is 0 Å². The molecule has 0 unspecified atom stereocenters. The summed E-state index contributed by atoms with van der Waals surface area (Å²) >= 11 is 1.51. The molecule has 0 amide bonds. The van der Waals surface area contributed by atoms with Crippen LogP contribution in [-0.2, 0) is 0 Å². The van der Waals surface area contributed by atoms with E-state index >= 15 is 0 Å². The Morgan fingerprint density at radius 3 is 2.70 bits per heavy atom. The van der Waals surface area contributed by atoms with Crippen LogP contribution < -0.4 is 4.74 Å². The number of Topliss-reactive ketones (excluding diaryl/α,β-unsaturated/α-hetero) is 1. The minimum Gasteiger partial charge on any atom is -0.506 e. The first-order valence-electron chi connectivity index (χ1n) is 9.19. The summed E-state index contributed by atoms with van der Waals surface area (Å²) in [6.07, 6.45) is 0.717. The average molecular weight is 423 g/mol. The third-order valence-electron chi connectivity index (χ3n) is 4.54. The number of phenolic OH excluding ortho intramolecular Hbond substituents is 1. The number of ketones is 1. The van der Waals surface area contributed by atoms with E-state index in [9.17, 15) is 20.0 Å². The molecule has 0 aliphatic rings. The van der Waals surface area contributed by atoms with E-state index in [-0.39, 0.29) is 23.6 Å². The number of nitro groups is 1. The van der Waals surface area contributed by atoms with Crippen molar-refractivity contribution in [1.82, 2.24) is 9.97 Å². The Morgan fingerprint density at radius 1 is 1.20 bits per heavy atom. The number of phenols is 1. The van der Waals surface area contributed by atoms with Crippen LogP contribution in [0.15, 0.2) is 53.9 Å². The van der Waals surface area contributed by atoms with E-state index in [1.807, 2.05) is 17.5 Å². The van der Waals surface area contributed by atoms with E-state index in [2.05, 4.69) is 9.97 Å². The van der Waals surface area contributed by atoms with Crippen LogP contribution in [0.25, 0.3) is 21.7 Å². The third-order valence-corrected chi connectivity index (χ3v) is 5.42. The molecule has 8 nitrogen and oxygen atoms in total. The number of aromatic hydroxyl groups is 1. The quantitative estimate of drug-likeness (QED) is 0.179. The molecular weight excluding hydrogens is 406 g/mol. The van der Waals surface area contributed by atoms with Gasteiger partial charge in [0, 0.05) is 24.1 Å². The fraction of sp³-hybridized carbons (Fsp3) is 0.143. The molecule has 0 atom stereocenters. The number of carbonyl (C=O) groups is 1. The number of carbonyl (C=O) groups excluding carboxylic acids is 1. The van der Waals surface area contributed by atoms with Gasteiger partial charge in [0.1, 0.15) is 28.4 Å². The SMILES string of the molecule is O=C(CCCOc1ccc([N+](=O)[O-])cc1)c1ccc(O)c2[nH]c(-c3cccs3)nc12. The number of ether oxygens (including phenoxy) is 1. The second-order valence-electron chi connectivity index (χ2n) is 6.54. The molecular formula is C21H17N3O5S.